The largest absolute Gasteiger partial charge is 0.356 e. The molecular formula is C16H26N4O2. The van der Waals surface area contributed by atoms with Gasteiger partial charge in [0.05, 0.1) is 0 Å². The second-order valence-electron chi connectivity index (χ2n) is 6.55. The molecule has 1 aromatic rings. The number of likely N-dealkylation sites (tertiary alicyclic amines) is 1. The first-order chi connectivity index (χ1) is 10.7. The van der Waals surface area contributed by atoms with Gasteiger partial charge in [-0.1, -0.05) is 5.16 Å². The van der Waals surface area contributed by atoms with Crippen molar-refractivity contribution in [3.63, 3.8) is 0 Å². The summed E-state index contributed by atoms with van der Waals surface area (Å²) in [6, 6.07) is 0.505. The van der Waals surface area contributed by atoms with Crippen molar-refractivity contribution in [3.05, 3.63) is 11.7 Å². The number of rotatable bonds is 8. The highest BCUT2D eigenvalue weighted by molar-refractivity contribution is 5.75. The maximum Gasteiger partial charge on any atom is 0.228 e. The molecule has 1 aliphatic carbocycles. The van der Waals surface area contributed by atoms with Crippen LogP contribution in [-0.4, -0.2) is 46.6 Å². The van der Waals surface area contributed by atoms with E-state index in [0.29, 0.717) is 37.2 Å². The second kappa shape index (κ2) is 7.22. The Bertz CT molecular complexity index is 492. The van der Waals surface area contributed by atoms with Crippen molar-refractivity contribution in [2.24, 2.45) is 0 Å². The first kappa shape index (κ1) is 15.5. The Kier molecular flexibility index (Phi) is 5.08. The molecule has 6 heteroatoms. The Balaban J connectivity index is 1.30. The first-order valence-corrected chi connectivity index (χ1v) is 8.55. The molecule has 22 heavy (non-hydrogen) atoms. The predicted octanol–water partition coefficient (Wildman–Crippen LogP) is 1.87. The molecule has 1 aliphatic heterocycles. The molecule has 0 spiro atoms. The molecule has 1 saturated heterocycles. The standard InChI is InChI=1S/C16H26N4O2/c1-12(20-10-2-3-11-20)4-7-14(21)17-9-8-15-18-16(19-22-15)13-5-6-13/h12-13H,2-11H2,1H3,(H,17,21)/t12-/m0/s1. The van der Waals surface area contributed by atoms with Crippen LogP contribution in [0.1, 0.15) is 63.1 Å². The van der Waals surface area contributed by atoms with Gasteiger partial charge in [0.15, 0.2) is 5.82 Å². The maximum atomic E-state index is 11.9. The molecule has 1 aromatic heterocycles. The molecule has 1 N–H and O–H groups in total. The molecule has 3 rings (SSSR count). The van der Waals surface area contributed by atoms with Crippen LogP contribution in [0.5, 0.6) is 0 Å². The minimum atomic E-state index is 0.118. The third kappa shape index (κ3) is 4.29. The molecule has 0 unspecified atom stereocenters. The number of carbonyl (C=O) groups is 1. The number of nitrogens with zero attached hydrogens (tertiary/aromatic N) is 3. The maximum absolute atomic E-state index is 11.9. The highest BCUT2D eigenvalue weighted by Crippen LogP contribution is 2.38. The van der Waals surface area contributed by atoms with Gasteiger partial charge in [-0.25, -0.2) is 0 Å². The summed E-state index contributed by atoms with van der Waals surface area (Å²) in [6.45, 7) is 5.16. The lowest BCUT2D eigenvalue weighted by Crippen LogP contribution is -2.32. The number of nitrogens with one attached hydrogen (secondary N) is 1. The zero-order valence-electron chi connectivity index (χ0n) is 13.4. The average molecular weight is 306 g/mol. The fourth-order valence-corrected chi connectivity index (χ4v) is 2.98. The van der Waals surface area contributed by atoms with Crippen LogP contribution in [0.4, 0.5) is 0 Å². The van der Waals surface area contributed by atoms with Gasteiger partial charge in [0.25, 0.3) is 0 Å². The zero-order valence-corrected chi connectivity index (χ0v) is 13.4. The molecule has 0 bridgehead atoms. The van der Waals surface area contributed by atoms with Gasteiger partial charge in [-0.3, -0.25) is 4.79 Å². The summed E-state index contributed by atoms with van der Waals surface area (Å²) in [5.41, 5.74) is 0. The molecule has 1 amide bonds. The van der Waals surface area contributed by atoms with Gasteiger partial charge in [0.1, 0.15) is 0 Å². The van der Waals surface area contributed by atoms with Crippen molar-refractivity contribution in [2.45, 2.75) is 63.8 Å². The monoisotopic (exact) mass is 306 g/mol. The molecule has 1 atom stereocenters. The van der Waals surface area contributed by atoms with E-state index in [1.807, 2.05) is 0 Å². The summed E-state index contributed by atoms with van der Waals surface area (Å²) in [5.74, 6) is 2.10. The molecule has 2 heterocycles. The summed E-state index contributed by atoms with van der Waals surface area (Å²) in [7, 11) is 0. The lowest BCUT2D eigenvalue weighted by Gasteiger charge is -2.23. The summed E-state index contributed by atoms with van der Waals surface area (Å²) < 4.78 is 5.19. The van der Waals surface area contributed by atoms with Gasteiger partial charge in [0, 0.05) is 31.3 Å². The van der Waals surface area contributed by atoms with E-state index < -0.39 is 0 Å². The van der Waals surface area contributed by atoms with Crippen molar-refractivity contribution >= 4 is 5.91 Å². The highest BCUT2D eigenvalue weighted by atomic mass is 16.5. The Morgan fingerprint density at radius 1 is 1.41 bits per heavy atom. The molecule has 0 aromatic carbocycles. The van der Waals surface area contributed by atoms with Crippen molar-refractivity contribution in [1.29, 1.82) is 0 Å². The summed E-state index contributed by atoms with van der Waals surface area (Å²) in [6.07, 6.45) is 7.07. The summed E-state index contributed by atoms with van der Waals surface area (Å²) in [5, 5.41) is 6.92. The second-order valence-corrected chi connectivity index (χ2v) is 6.55. The van der Waals surface area contributed by atoms with E-state index in [2.05, 4.69) is 27.3 Å². The topological polar surface area (TPSA) is 71.3 Å². The van der Waals surface area contributed by atoms with E-state index in [1.54, 1.807) is 0 Å². The SMILES string of the molecule is C[C@@H](CCC(=O)NCCc1nc(C2CC2)no1)N1CCCC1. The van der Waals surface area contributed by atoms with Crippen molar-refractivity contribution < 1.29 is 9.32 Å². The fraction of sp³-hybridized carbons (Fsp3) is 0.812. The summed E-state index contributed by atoms with van der Waals surface area (Å²) in [4.78, 5) is 18.7. The molecule has 0 radical (unpaired) electrons. The van der Waals surface area contributed by atoms with E-state index in [-0.39, 0.29) is 5.91 Å². The van der Waals surface area contributed by atoms with Gasteiger partial charge in [-0.2, -0.15) is 4.98 Å². The smallest absolute Gasteiger partial charge is 0.228 e. The number of hydrogen-bond acceptors (Lipinski definition) is 5. The fourth-order valence-electron chi connectivity index (χ4n) is 2.98. The van der Waals surface area contributed by atoms with Crippen molar-refractivity contribution in [1.82, 2.24) is 20.4 Å². The average Bonchev–Trinajstić information content (AvgIpc) is 3.03. The van der Waals surface area contributed by atoms with Crippen LogP contribution < -0.4 is 5.32 Å². The first-order valence-electron chi connectivity index (χ1n) is 8.55. The Morgan fingerprint density at radius 3 is 2.91 bits per heavy atom. The minimum absolute atomic E-state index is 0.118. The number of carbonyl (C=O) groups excluding carboxylic acids is 1. The predicted molar refractivity (Wildman–Crippen MR) is 82.5 cm³/mol. The molecule has 2 fully saturated rings. The van der Waals surface area contributed by atoms with Crippen LogP contribution in [0.15, 0.2) is 4.52 Å². The minimum Gasteiger partial charge on any atom is -0.356 e. The number of hydrogen-bond donors (Lipinski definition) is 1. The van der Waals surface area contributed by atoms with E-state index >= 15 is 0 Å². The van der Waals surface area contributed by atoms with Crippen LogP contribution in [0.2, 0.25) is 0 Å². The lowest BCUT2D eigenvalue weighted by molar-refractivity contribution is -0.121. The third-order valence-electron chi connectivity index (χ3n) is 4.64. The Morgan fingerprint density at radius 2 is 2.18 bits per heavy atom. The van der Waals surface area contributed by atoms with Crippen molar-refractivity contribution in [3.8, 4) is 0 Å². The van der Waals surface area contributed by atoms with Gasteiger partial charge in [-0.05, 0) is 52.1 Å². The van der Waals surface area contributed by atoms with Crippen LogP contribution in [-0.2, 0) is 11.2 Å². The van der Waals surface area contributed by atoms with Gasteiger partial charge in [0.2, 0.25) is 11.8 Å². The van der Waals surface area contributed by atoms with Crippen LogP contribution in [0.3, 0.4) is 0 Å². The molecule has 1 saturated carbocycles. The Hall–Kier alpha value is -1.43. The van der Waals surface area contributed by atoms with E-state index in [1.165, 1.54) is 38.8 Å². The van der Waals surface area contributed by atoms with E-state index in [4.69, 9.17) is 4.52 Å². The third-order valence-corrected chi connectivity index (χ3v) is 4.64. The molecule has 6 nitrogen and oxygen atoms in total. The lowest BCUT2D eigenvalue weighted by atomic mass is 10.1. The van der Waals surface area contributed by atoms with E-state index in [0.717, 1.165) is 12.2 Å². The number of amides is 1. The van der Waals surface area contributed by atoms with Crippen LogP contribution >= 0.6 is 0 Å². The molecular weight excluding hydrogens is 280 g/mol. The molecule has 2 aliphatic rings. The van der Waals surface area contributed by atoms with Crippen molar-refractivity contribution in [2.75, 3.05) is 19.6 Å². The quantitative estimate of drug-likeness (QED) is 0.794. The zero-order chi connectivity index (χ0) is 15.4. The Labute approximate surface area is 131 Å². The van der Waals surface area contributed by atoms with Crippen LogP contribution in [0, 0.1) is 0 Å². The number of aromatic nitrogens is 2. The van der Waals surface area contributed by atoms with Gasteiger partial charge >= 0.3 is 0 Å². The molecule has 122 valence electrons. The summed E-state index contributed by atoms with van der Waals surface area (Å²) >= 11 is 0. The van der Waals surface area contributed by atoms with Crippen LogP contribution in [0.25, 0.3) is 0 Å². The van der Waals surface area contributed by atoms with E-state index in [9.17, 15) is 4.79 Å². The normalized spacial score (nSPS) is 20.2. The van der Waals surface area contributed by atoms with Gasteiger partial charge < -0.3 is 14.7 Å². The van der Waals surface area contributed by atoms with Gasteiger partial charge in [-0.15, -0.1) is 0 Å². The highest BCUT2D eigenvalue weighted by Gasteiger charge is 2.28.